The summed E-state index contributed by atoms with van der Waals surface area (Å²) in [6.45, 7) is 2.28. The Morgan fingerprint density at radius 3 is 2.67 bits per heavy atom. The third kappa shape index (κ3) is 3.62. The second kappa shape index (κ2) is 6.95. The molecule has 0 aliphatic carbocycles. The molecule has 1 aliphatic heterocycles. The quantitative estimate of drug-likeness (QED) is 0.819. The van der Waals surface area contributed by atoms with Crippen molar-refractivity contribution in [3.05, 3.63) is 57.5 Å². The van der Waals surface area contributed by atoms with Gasteiger partial charge in [-0.25, -0.2) is 0 Å². The second-order valence-corrected chi connectivity index (χ2v) is 7.18. The van der Waals surface area contributed by atoms with E-state index in [-0.39, 0.29) is 24.2 Å². The van der Waals surface area contributed by atoms with Crippen molar-refractivity contribution in [1.29, 1.82) is 0 Å². The molecular formula is C18H16BrClN2O2. The van der Waals surface area contributed by atoms with Gasteiger partial charge in [-0.2, -0.15) is 0 Å². The maximum absolute atomic E-state index is 12.5. The number of hydrogen-bond acceptors (Lipinski definition) is 2. The lowest BCUT2D eigenvalue weighted by Gasteiger charge is -2.17. The van der Waals surface area contributed by atoms with Crippen molar-refractivity contribution in [3.8, 4) is 0 Å². The molecule has 0 spiro atoms. The molecule has 3 rings (SSSR count). The van der Waals surface area contributed by atoms with Crippen molar-refractivity contribution in [1.82, 2.24) is 0 Å². The van der Waals surface area contributed by atoms with E-state index in [4.69, 9.17) is 11.6 Å². The van der Waals surface area contributed by atoms with Gasteiger partial charge in [0.15, 0.2) is 0 Å². The first-order chi connectivity index (χ1) is 11.4. The molecule has 1 aliphatic rings. The SMILES string of the molecule is Cc1ccc(Cl)cc1NC(=O)C1CC(=O)N(c2ccc(Br)cc2)C1. The minimum Gasteiger partial charge on any atom is -0.325 e. The average Bonchev–Trinajstić information content (AvgIpc) is 2.94. The number of aryl methyl sites for hydroxylation is 1. The summed E-state index contributed by atoms with van der Waals surface area (Å²) in [5.74, 6) is -0.576. The van der Waals surface area contributed by atoms with Gasteiger partial charge in [-0.3, -0.25) is 9.59 Å². The Morgan fingerprint density at radius 1 is 1.25 bits per heavy atom. The average molecular weight is 408 g/mol. The normalized spacial score (nSPS) is 17.2. The summed E-state index contributed by atoms with van der Waals surface area (Å²) in [4.78, 5) is 26.4. The molecule has 1 heterocycles. The van der Waals surface area contributed by atoms with Crippen molar-refractivity contribution in [2.75, 3.05) is 16.8 Å². The monoisotopic (exact) mass is 406 g/mol. The zero-order valence-electron chi connectivity index (χ0n) is 13.1. The molecule has 124 valence electrons. The maximum Gasteiger partial charge on any atom is 0.229 e. The third-order valence-electron chi connectivity index (χ3n) is 4.09. The zero-order valence-corrected chi connectivity index (χ0v) is 15.4. The summed E-state index contributed by atoms with van der Waals surface area (Å²) in [6.07, 6.45) is 0.210. The van der Waals surface area contributed by atoms with E-state index in [0.29, 0.717) is 17.3 Å². The highest BCUT2D eigenvalue weighted by Crippen LogP contribution is 2.28. The van der Waals surface area contributed by atoms with Gasteiger partial charge in [0.25, 0.3) is 0 Å². The standard InChI is InChI=1S/C18H16BrClN2O2/c1-11-2-5-14(20)9-16(11)21-18(24)12-8-17(23)22(10-12)15-6-3-13(19)4-7-15/h2-7,9,12H,8,10H2,1H3,(H,21,24). The Balaban J connectivity index is 1.72. The van der Waals surface area contributed by atoms with E-state index in [2.05, 4.69) is 21.2 Å². The van der Waals surface area contributed by atoms with Gasteiger partial charge in [0, 0.05) is 33.8 Å². The van der Waals surface area contributed by atoms with Gasteiger partial charge < -0.3 is 10.2 Å². The highest BCUT2D eigenvalue weighted by molar-refractivity contribution is 9.10. The minimum absolute atomic E-state index is 0.0414. The van der Waals surface area contributed by atoms with E-state index in [1.54, 1.807) is 17.0 Å². The molecule has 0 aromatic heterocycles. The van der Waals surface area contributed by atoms with Gasteiger partial charge in [-0.05, 0) is 48.9 Å². The van der Waals surface area contributed by atoms with Crippen molar-refractivity contribution in [3.63, 3.8) is 0 Å². The fourth-order valence-corrected chi connectivity index (χ4v) is 3.15. The lowest BCUT2D eigenvalue weighted by atomic mass is 10.1. The number of nitrogens with zero attached hydrogens (tertiary/aromatic N) is 1. The first kappa shape index (κ1) is 17.0. The van der Waals surface area contributed by atoms with E-state index in [9.17, 15) is 9.59 Å². The van der Waals surface area contributed by atoms with Crippen LogP contribution < -0.4 is 10.2 Å². The molecule has 1 atom stereocenters. The van der Waals surface area contributed by atoms with Crippen LogP contribution in [0, 0.1) is 12.8 Å². The van der Waals surface area contributed by atoms with E-state index in [1.807, 2.05) is 37.3 Å². The number of benzene rings is 2. The highest BCUT2D eigenvalue weighted by Gasteiger charge is 2.35. The number of nitrogens with one attached hydrogen (secondary N) is 1. The number of halogens is 2. The molecule has 0 bridgehead atoms. The minimum atomic E-state index is -0.375. The second-order valence-electron chi connectivity index (χ2n) is 5.83. The van der Waals surface area contributed by atoms with Crippen LogP contribution in [0.5, 0.6) is 0 Å². The lowest BCUT2D eigenvalue weighted by molar-refractivity contribution is -0.122. The van der Waals surface area contributed by atoms with Gasteiger partial charge in [0.05, 0.1) is 5.92 Å². The maximum atomic E-state index is 12.5. The van der Waals surface area contributed by atoms with Crippen LogP contribution in [0.25, 0.3) is 0 Å². The van der Waals surface area contributed by atoms with Crippen LogP contribution in [0.1, 0.15) is 12.0 Å². The van der Waals surface area contributed by atoms with Crippen LogP contribution in [0.15, 0.2) is 46.9 Å². The molecule has 2 amide bonds. The molecule has 0 saturated carbocycles. The molecular weight excluding hydrogens is 392 g/mol. The summed E-state index contributed by atoms with van der Waals surface area (Å²) in [5.41, 5.74) is 2.42. The first-order valence-corrected chi connectivity index (χ1v) is 8.74. The summed E-state index contributed by atoms with van der Waals surface area (Å²) < 4.78 is 0.948. The fourth-order valence-electron chi connectivity index (χ4n) is 2.72. The summed E-state index contributed by atoms with van der Waals surface area (Å²) in [7, 11) is 0. The molecule has 1 N–H and O–H groups in total. The molecule has 6 heteroatoms. The zero-order chi connectivity index (χ0) is 17.3. The molecule has 1 saturated heterocycles. The van der Waals surface area contributed by atoms with Gasteiger partial charge in [0.1, 0.15) is 0 Å². The number of anilines is 2. The third-order valence-corrected chi connectivity index (χ3v) is 4.86. The Morgan fingerprint density at radius 2 is 1.96 bits per heavy atom. The van der Waals surface area contributed by atoms with Crippen LogP contribution in [0.2, 0.25) is 5.02 Å². The number of carbonyl (C=O) groups is 2. The summed E-state index contributed by atoms with van der Waals surface area (Å²) in [5, 5.41) is 3.45. The van der Waals surface area contributed by atoms with Crippen LogP contribution in [0.3, 0.4) is 0 Å². The van der Waals surface area contributed by atoms with Crippen molar-refractivity contribution in [2.24, 2.45) is 5.92 Å². The van der Waals surface area contributed by atoms with Gasteiger partial charge in [-0.15, -0.1) is 0 Å². The number of hydrogen-bond donors (Lipinski definition) is 1. The molecule has 4 nitrogen and oxygen atoms in total. The predicted molar refractivity (Wildman–Crippen MR) is 99.4 cm³/mol. The number of amides is 2. The Bertz CT molecular complexity index is 792. The smallest absolute Gasteiger partial charge is 0.229 e. The highest BCUT2D eigenvalue weighted by atomic mass is 79.9. The van der Waals surface area contributed by atoms with E-state index in [1.165, 1.54) is 0 Å². The van der Waals surface area contributed by atoms with Crippen LogP contribution in [-0.4, -0.2) is 18.4 Å². The predicted octanol–water partition coefficient (Wildman–Crippen LogP) is 4.40. The first-order valence-electron chi connectivity index (χ1n) is 7.57. The topological polar surface area (TPSA) is 49.4 Å². The lowest BCUT2D eigenvalue weighted by Crippen LogP contribution is -2.28. The Hall–Kier alpha value is -1.85. The molecule has 2 aromatic carbocycles. The van der Waals surface area contributed by atoms with E-state index in [0.717, 1.165) is 15.7 Å². The Labute approximate surface area is 153 Å². The summed E-state index contributed by atoms with van der Waals surface area (Å²) >= 11 is 9.36. The van der Waals surface area contributed by atoms with E-state index < -0.39 is 0 Å². The molecule has 1 fully saturated rings. The molecule has 24 heavy (non-hydrogen) atoms. The van der Waals surface area contributed by atoms with Gasteiger partial charge in [-0.1, -0.05) is 33.6 Å². The fraction of sp³-hybridized carbons (Fsp3) is 0.222. The van der Waals surface area contributed by atoms with Crippen LogP contribution in [-0.2, 0) is 9.59 Å². The van der Waals surface area contributed by atoms with Crippen molar-refractivity contribution in [2.45, 2.75) is 13.3 Å². The van der Waals surface area contributed by atoms with Gasteiger partial charge in [0.2, 0.25) is 11.8 Å². The van der Waals surface area contributed by atoms with Crippen LogP contribution >= 0.6 is 27.5 Å². The summed E-state index contributed by atoms with van der Waals surface area (Å²) in [6, 6.07) is 12.8. The number of rotatable bonds is 3. The molecule has 2 aromatic rings. The molecule has 0 radical (unpaired) electrons. The van der Waals surface area contributed by atoms with Crippen molar-refractivity contribution >= 4 is 50.7 Å². The molecule has 1 unspecified atom stereocenters. The number of carbonyl (C=O) groups excluding carboxylic acids is 2. The van der Waals surface area contributed by atoms with Crippen molar-refractivity contribution < 1.29 is 9.59 Å². The Kier molecular flexibility index (Phi) is 4.92. The van der Waals surface area contributed by atoms with Crippen LogP contribution in [0.4, 0.5) is 11.4 Å². The largest absolute Gasteiger partial charge is 0.325 e. The van der Waals surface area contributed by atoms with E-state index >= 15 is 0 Å². The van der Waals surface area contributed by atoms with Gasteiger partial charge >= 0.3 is 0 Å².